The van der Waals surface area contributed by atoms with E-state index in [4.69, 9.17) is 0 Å². The van der Waals surface area contributed by atoms with E-state index in [0.29, 0.717) is 25.3 Å². The van der Waals surface area contributed by atoms with Crippen LogP contribution in [-0.4, -0.2) is 35.1 Å². The van der Waals surface area contributed by atoms with E-state index in [1.54, 1.807) is 16.7 Å². The Morgan fingerprint density at radius 2 is 1.47 bits per heavy atom. The lowest BCUT2D eigenvalue weighted by molar-refractivity contribution is -0.139. The van der Waals surface area contributed by atoms with Gasteiger partial charge in [0, 0.05) is 25.3 Å². The summed E-state index contributed by atoms with van der Waals surface area (Å²) in [6.45, 7) is 5.10. The van der Waals surface area contributed by atoms with E-state index in [1.165, 1.54) is 11.1 Å². The van der Waals surface area contributed by atoms with Crippen LogP contribution in [0.2, 0.25) is 0 Å². The molecule has 0 spiro atoms. The summed E-state index contributed by atoms with van der Waals surface area (Å²) < 4.78 is 0. The molecule has 5 heteroatoms. The first-order valence-corrected chi connectivity index (χ1v) is 13.0. The lowest BCUT2D eigenvalue weighted by atomic mass is 10.0. The Labute approximate surface area is 207 Å². The van der Waals surface area contributed by atoms with Crippen LogP contribution in [0.1, 0.15) is 35.6 Å². The van der Waals surface area contributed by atoms with E-state index in [0.717, 1.165) is 23.3 Å². The first-order valence-electron chi connectivity index (χ1n) is 11.8. The van der Waals surface area contributed by atoms with Gasteiger partial charge in [-0.15, -0.1) is 11.8 Å². The van der Waals surface area contributed by atoms with Crippen molar-refractivity contribution >= 4 is 23.6 Å². The van der Waals surface area contributed by atoms with Gasteiger partial charge in [-0.2, -0.15) is 0 Å². The van der Waals surface area contributed by atoms with Crippen LogP contribution in [0.3, 0.4) is 0 Å². The molecule has 34 heavy (non-hydrogen) atoms. The Kier molecular flexibility index (Phi) is 10.2. The molecule has 0 unspecified atom stereocenters. The number of nitrogens with zero attached hydrogens (tertiary/aromatic N) is 1. The van der Waals surface area contributed by atoms with Crippen molar-refractivity contribution in [2.24, 2.45) is 0 Å². The number of carbonyl (C=O) groups is 2. The van der Waals surface area contributed by atoms with Gasteiger partial charge in [-0.25, -0.2) is 0 Å². The van der Waals surface area contributed by atoms with Gasteiger partial charge in [0.2, 0.25) is 11.8 Å². The molecule has 178 valence electrons. The van der Waals surface area contributed by atoms with E-state index in [9.17, 15) is 9.59 Å². The molecule has 0 aliphatic heterocycles. The zero-order valence-electron chi connectivity index (χ0n) is 20.1. The fourth-order valence-corrected chi connectivity index (χ4v) is 4.59. The number of thioether (sulfide) groups is 1. The second-order valence-electron chi connectivity index (χ2n) is 8.48. The maximum absolute atomic E-state index is 13.5. The van der Waals surface area contributed by atoms with Crippen molar-refractivity contribution < 1.29 is 9.59 Å². The molecule has 0 aliphatic rings. The summed E-state index contributed by atoms with van der Waals surface area (Å²) >= 11 is 1.59. The molecule has 3 aromatic carbocycles. The summed E-state index contributed by atoms with van der Waals surface area (Å²) in [6, 6.07) is 27.6. The van der Waals surface area contributed by atoms with E-state index < -0.39 is 6.04 Å². The van der Waals surface area contributed by atoms with Gasteiger partial charge < -0.3 is 10.2 Å². The smallest absolute Gasteiger partial charge is 0.243 e. The number of amides is 2. The average molecular weight is 475 g/mol. The minimum absolute atomic E-state index is 0.0199. The Morgan fingerprint density at radius 3 is 2.09 bits per heavy atom. The summed E-state index contributed by atoms with van der Waals surface area (Å²) in [7, 11) is 0. The largest absolute Gasteiger partial charge is 0.354 e. The molecule has 1 atom stereocenters. The van der Waals surface area contributed by atoms with Crippen LogP contribution in [0.15, 0.2) is 84.9 Å². The van der Waals surface area contributed by atoms with Crippen LogP contribution >= 0.6 is 11.8 Å². The van der Waals surface area contributed by atoms with Gasteiger partial charge in [0.1, 0.15) is 6.04 Å². The number of nitrogens with one attached hydrogen (secondary N) is 1. The Hall–Kier alpha value is -3.05. The Bertz CT molecular complexity index is 1020. The molecule has 0 aromatic heterocycles. The number of hydrogen-bond acceptors (Lipinski definition) is 3. The number of hydrogen-bond donors (Lipinski definition) is 1. The Balaban J connectivity index is 1.79. The third kappa shape index (κ3) is 8.07. The number of rotatable bonds is 12. The molecule has 0 aliphatic carbocycles. The molecule has 3 aromatic rings. The fraction of sp³-hybridized carbons (Fsp3) is 0.310. The van der Waals surface area contributed by atoms with Crippen molar-refractivity contribution in [2.75, 3.05) is 12.3 Å². The molecule has 2 amide bonds. The van der Waals surface area contributed by atoms with Crippen molar-refractivity contribution in [3.8, 4) is 0 Å². The summed E-state index contributed by atoms with van der Waals surface area (Å²) in [6.07, 6.45) is 1.33. The topological polar surface area (TPSA) is 49.4 Å². The molecule has 0 saturated carbocycles. The monoisotopic (exact) mass is 474 g/mol. The van der Waals surface area contributed by atoms with Gasteiger partial charge in [0.25, 0.3) is 0 Å². The highest BCUT2D eigenvalue weighted by atomic mass is 32.2. The van der Waals surface area contributed by atoms with Gasteiger partial charge >= 0.3 is 0 Å². The first-order chi connectivity index (χ1) is 16.6. The van der Waals surface area contributed by atoms with Gasteiger partial charge in [0.15, 0.2) is 0 Å². The predicted octanol–water partition coefficient (Wildman–Crippen LogP) is 5.39. The molecule has 1 N–H and O–H groups in total. The fourth-order valence-electron chi connectivity index (χ4n) is 3.72. The van der Waals surface area contributed by atoms with Gasteiger partial charge in [-0.05, 0) is 30.0 Å². The summed E-state index contributed by atoms with van der Waals surface area (Å²) in [5.41, 5.74) is 4.47. The molecule has 0 fully saturated rings. The zero-order chi connectivity index (χ0) is 24.2. The third-order valence-electron chi connectivity index (χ3n) is 5.63. The second kappa shape index (κ2) is 13.6. The molecular weight excluding hydrogens is 440 g/mol. The van der Waals surface area contributed by atoms with E-state index in [2.05, 4.69) is 36.5 Å². The van der Waals surface area contributed by atoms with E-state index in [-0.39, 0.29) is 11.8 Å². The van der Waals surface area contributed by atoms with E-state index >= 15 is 0 Å². The highest BCUT2D eigenvalue weighted by Gasteiger charge is 2.30. The Morgan fingerprint density at radius 1 is 0.853 bits per heavy atom. The van der Waals surface area contributed by atoms with E-state index in [1.807, 2.05) is 67.6 Å². The molecule has 0 heterocycles. The van der Waals surface area contributed by atoms with Crippen LogP contribution in [0.5, 0.6) is 0 Å². The summed E-state index contributed by atoms with van der Waals surface area (Å²) in [5.74, 6) is 0.968. The lowest BCUT2D eigenvalue weighted by Crippen LogP contribution is -2.51. The highest BCUT2D eigenvalue weighted by molar-refractivity contribution is 7.99. The average Bonchev–Trinajstić information content (AvgIpc) is 2.87. The lowest BCUT2D eigenvalue weighted by Gasteiger charge is -2.31. The zero-order valence-corrected chi connectivity index (χ0v) is 20.9. The minimum atomic E-state index is -0.568. The van der Waals surface area contributed by atoms with Crippen LogP contribution in [0, 0.1) is 6.92 Å². The first kappa shape index (κ1) is 25.6. The van der Waals surface area contributed by atoms with Gasteiger partial charge in [-0.3, -0.25) is 9.59 Å². The van der Waals surface area contributed by atoms with Crippen LogP contribution in [0.4, 0.5) is 0 Å². The van der Waals surface area contributed by atoms with Crippen LogP contribution in [-0.2, 0) is 28.3 Å². The molecule has 0 bridgehead atoms. The SMILES string of the molecule is CCCNC(=O)[C@H](Cc1ccccc1)N(Cc1ccccc1)C(=O)CSCc1ccc(C)cc1. The summed E-state index contributed by atoms with van der Waals surface area (Å²) in [4.78, 5) is 28.5. The van der Waals surface area contributed by atoms with Crippen LogP contribution in [0.25, 0.3) is 0 Å². The molecule has 0 saturated heterocycles. The van der Waals surface area contributed by atoms with Crippen molar-refractivity contribution in [1.29, 1.82) is 0 Å². The number of benzene rings is 3. The predicted molar refractivity (Wildman–Crippen MR) is 142 cm³/mol. The molecule has 3 rings (SSSR count). The highest BCUT2D eigenvalue weighted by Crippen LogP contribution is 2.19. The molecule has 4 nitrogen and oxygen atoms in total. The normalized spacial score (nSPS) is 11.6. The second-order valence-corrected chi connectivity index (χ2v) is 9.47. The standard InChI is InChI=1S/C29H34N2O2S/c1-3-18-30-29(33)27(19-24-10-6-4-7-11-24)31(20-25-12-8-5-9-13-25)28(32)22-34-21-26-16-14-23(2)15-17-26/h4-17,27H,3,18-22H2,1-2H3,(H,30,33)/t27-/m0/s1. The van der Waals surface area contributed by atoms with Gasteiger partial charge in [0.05, 0.1) is 5.75 Å². The maximum Gasteiger partial charge on any atom is 0.243 e. The van der Waals surface area contributed by atoms with Crippen LogP contribution < -0.4 is 5.32 Å². The van der Waals surface area contributed by atoms with Crippen molar-refractivity contribution in [2.45, 2.75) is 45.0 Å². The van der Waals surface area contributed by atoms with Crippen molar-refractivity contribution in [3.05, 3.63) is 107 Å². The molecular formula is C29H34N2O2S. The maximum atomic E-state index is 13.5. The minimum Gasteiger partial charge on any atom is -0.354 e. The quantitative estimate of drug-likeness (QED) is 0.383. The summed E-state index contributed by atoms with van der Waals surface area (Å²) in [5, 5.41) is 3.02. The van der Waals surface area contributed by atoms with Crippen molar-refractivity contribution in [3.63, 3.8) is 0 Å². The third-order valence-corrected chi connectivity index (χ3v) is 6.62. The number of carbonyl (C=O) groups excluding carboxylic acids is 2. The van der Waals surface area contributed by atoms with Crippen molar-refractivity contribution in [1.82, 2.24) is 10.2 Å². The van der Waals surface area contributed by atoms with Gasteiger partial charge in [-0.1, -0.05) is 97.4 Å². The number of aryl methyl sites for hydroxylation is 1. The molecule has 0 radical (unpaired) electrons.